The largest absolute Gasteiger partial charge is 0.508 e. The molecule has 0 amide bonds. The zero-order valence-electron chi connectivity index (χ0n) is 31.9. The molecule has 288 valence electrons. The third-order valence-corrected chi connectivity index (χ3v) is 14.5. The first kappa shape index (κ1) is 36.5. The van der Waals surface area contributed by atoms with Crippen LogP contribution in [-0.2, 0) is 20.4 Å². The minimum atomic E-state index is -0.942. The first-order valence-corrected chi connectivity index (χ1v) is 20.7. The molecule has 4 aromatic carbocycles. The van der Waals surface area contributed by atoms with Gasteiger partial charge in [0.15, 0.2) is 0 Å². The summed E-state index contributed by atoms with van der Waals surface area (Å²) in [6, 6.07) is 28.0. The minimum absolute atomic E-state index is 0.166. The Balaban J connectivity index is 0.000000146. The maximum Gasteiger partial charge on any atom is 0.328 e. The van der Waals surface area contributed by atoms with E-state index < -0.39 is 11.9 Å². The van der Waals surface area contributed by atoms with Crippen LogP contribution in [-0.4, -0.2) is 32.4 Å². The Labute approximate surface area is 329 Å². The van der Waals surface area contributed by atoms with Gasteiger partial charge in [-0.15, -0.1) is 0 Å². The Hall–Kier alpha value is -5.10. The van der Waals surface area contributed by atoms with E-state index in [4.69, 9.17) is 10.2 Å². The number of aromatic hydroxyl groups is 2. The molecule has 8 aliphatic rings. The van der Waals surface area contributed by atoms with Crippen molar-refractivity contribution in [1.82, 2.24) is 0 Å². The van der Waals surface area contributed by atoms with E-state index in [0.29, 0.717) is 11.5 Å². The molecule has 8 saturated carbocycles. The van der Waals surface area contributed by atoms with Crippen molar-refractivity contribution in [2.24, 2.45) is 35.5 Å². The zero-order chi connectivity index (χ0) is 38.6. The summed E-state index contributed by atoms with van der Waals surface area (Å²) in [4.78, 5) is 21.4. The second kappa shape index (κ2) is 14.4. The number of phenols is 2. The summed E-state index contributed by atoms with van der Waals surface area (Å²) in [7, 11) is 0. The quantitative estimate of drug-likeness (QED) is 0.133. The van der Waals surface area contributed by atoms with Crippen molar-refractivity contribution < 1.29 is 30.0 Å². The maximum absolute atomic E-state index is 10.7. The average Bonchev–Trinajstić information content (AvgIpc) is 3.16. The Morgan fingerprint density at radius 2 is 0.732 bits per heavy atom. The van der Waals surface area contributed by atoms with Gasteiger partial charge >= 0.3 is 11.9 Å². The standard InChI is InChI=1S/2C25H26O3/c2*26-23-7-6-21(20-4-1-16(2-5-20)3-8-24(27)28)12-22(23)25-13-17-9-18(14-25)11-19(10-17)15-25/h2*1-8,12,17-19,26H,9-11,13-15H2,(H,27,28)/b2*8-3+. The number of carboxylic acids is 2. The number of aliphatic carboxylic acids is 2. The molecule has 0 aromatic heterocycles. The fourth-order valence-corrected chi connectivity index (χ4v) is 13.1. The van der Waals surface area contributed by atoms with Crippen LogP contribution in [0.1, 0.15) is 99.3 Å². The van der Waals surface area contributed by atoms with Crippen LogP contribution in [0.4, 0.5) is 0 Å². The van der Waals surface area contributed by atoms with Crippen LogP contribution >= 0.6 is 0 Å². The molecule has 8 aliphatic carbocycles. The van der Waals surface area contributed by atoms with Crippen LogP contribution in [0.5, 0.6) is 11.5 Å². The molecule has 6 heteroatoms. The minimum Gasteiger partial charge on any atom is -0.508 e. The molecule has 56 heavy (non-hydrogen) atoms. The van der Waals surface area contributed by atoms with Crippen molar-refractivity contribution in [1.29, 1.82) is 0 Å². The van der Waals surface area contributed by atoms with E-state index in [1.807, 2.05) is 72.8 Å². The van der Waals surface area contributed by atoms with Gasteiger partial charge in [-0.05, 0) is 193 Å². The Bertz CT molecular complexity index is 1960. The molecule has 0 aliphatic heterocycles. The zero-order valence-corrected chi connectivity index (χ0v) is 31.9. The molecule has 0 atom stereocenters. The van der Waals surface area contributed by atoms with E-state index in [1.165, 1.54) is 77.0 Å². The van der Waals surface area contributed by atoms with Crippen molar-refractivity contribution in [3.63, 3.8) is 0 Å². The molecule has 8 fully saturated rings. The van der Waals surface area contributed by atoms with Crippen molar-refractivity contribution in [2.75, 3.05) is 0 Å². The third kappa shape index (κ3) is 7.19. The van der Waals surface area contributed by atoms with Crippen LogP contribution < -0.4 is 0 Å². The van der Waals surface area contributed by atoms with E-state index >= 15 is 0 Å². The molecule has 0 unspecified atom stereocenters. The van der Waals surface area contributed by atoms with Crippen molar-refractivity contribution in [2.45, 2.75) is 87.9 Å². The number of rotatable bonds is 8. The van der Waals surface area contributed by atoms with Gasteiger partial charge in [-0.2, -0.15) is 0 Å². The topological polar surface area (TPSA) is 115 Å². The second-order valence-corrected chi connectivity index (χ2v) is 18.4. The van der Waals surface area contributed by atoms with Gasteiger partial charge in [0, 0.05) is 23.3 Å². The van der Waals surface area contributed by atoms with Gasteiger partial charge in [0.1, 0.15) is 11.5 Å². The van der Waals surface area contributed by atoms with Gasteiger partial charge in [0.05, 0.1) is 0 Å². The molecule has 12 rings (SSSR count). The predicted molar refractivity (Wildman–Crippen MR) is 220 cm³/mol. The van der Waals surface area contributed by atoms with Gasteiger partial charge < -0.3 is 20.4 Å². The van der Waals surface area contributed by atoms with E-state index in [1.54, 1.807) is 12.2 Å². The van der Waals surface area contributed by atoms with Gasteiger partial charge in [-0.1, -0.05) is 60.7 Å². The van der Waals surface area contributed by atoms with E-state index in [0.717, 1.165) is 92.2 Å². The molecule has 0 heterocycles. The lowest BCUT2D eigenvalue weighted by Crippen LogP contribution is -2.48. The number of hydrogen-bond acceptors (Lipinski definition) is 4. The smallest absolute Gasteiger partial charge is 0.328 e. The molecule has 6 nitrogen and oxygen atoms in total. The predicted octanol–water partition coefficient (Wildman–Crippen LogP) is 11.2. The van der Waals surface area contributed by atoms with Crippen molar-refractivity contribution >= 4 is 24.1 Å². The molecule has 4 N–H and O–H groups in total. The van der Waals surface area contributed by atoms with Crippen LogP contribution in [0, 0.1) is 35.5 Å². The molecule has 8 bridgehead atoms. The number of carboxylic acid groups (broad SMARTS) is 2. The van der Waals surface area contributed by atoms with Crippen LogP contribution in [0.3, 0.4) is 0 Å². The highest BCUT2D eigenvalue weighted by Gasteiger charge is 2.53. The van der Waals surface area contributed by atoms with Crippen LogP contribution in [0.2, 0.25) is 0 Å². The van der Waals surface area contributed by atoms with Gasteiger partial charge in [0.2, 0.25) is 0 Å². The molecular weight excluding hydrogens is 697 g/mol. The van der Waals surface area contributed by atoms with E-state index in [2.05, 4.69) is 12.1 Å². The van der Waals surface area contributed by atoms with Crippen LogP contribution in [0.15, 0.2) is 97.1 Å². The maximum atomic E-state index is 10.7. The van der Waals surface area contributed by atoms with E-state index in [-0.39, 0.29) is 10.8 Å². The lowest BCUT2D eigenvalue weighted by Gasteiger charge is -2.57. The SMILES string of the molecule is O=C(O)/C=C/c1ccc(-c2ccc(O)c(C34CC5CC(CC(C5)C3)C4)c2)cc1.O=C(O)/C=C/c1ccc(-c2ccc(O)c(C34CC5CC(CC(C5)C3)C4)c2)cc1. The highest BCUT2D eigenvalue weighted by atomic mass is 16.4. The van der Waals surface area contributed by atoms with Gasteiger partial charge in [-0.25, -0.2) is 9.59 Å². The second-order valence-electron chi connectivity index (χ2n) is 18.4. The highest BCUT2D eigenvalue weighted by molar-refractivity contribution is 5.86. The summed E-state index contributed by atoms with van der Waals surface area (Å²) in [5, 5.41) is 39.0. The molecule has 4 aromatic rings. The average molecular weight is 749 g/mol. The Morgan fingerprint density at radius 3 is 1.02 bits per heavy atom. The third-order valence-electron chi connectivity index (χ3n) is 14.5. The van der Waals surface area contributed by atoms with Crippen LogP contribution in [0.25, 0.3) is 34.4 Å². The monoisotopic (exact) mass is 748 g/mol. The van der Waals surface area contributed by atoms with Gasteiger partial charge in [-0.3, -0.25) is 0 Å². The molecule has 0 saturated heterocycles. The number of carbonyl (C=O) groups is 2. The summed E-state index contributed by atoms with van der Waals surface area (Å²) in [5.41, 5.74) is 8.81. The van der Waals surface area contributed by atoms with Gasteiger partial charge in [0.25, 0.3) is 0 Å². The summed E-state index contributed by atoms with van der Waals surface area (Å²) in [6.45, 7) is 0. The fraction of sp³-hybridized carbons (Fsp3) is 0.400. The normalized spacial score (nSPS) is 30.8. The first-order chi connectivity index (χ1) is 27.0. The lowest BCUT2D eigenvalue weighted by molar-refractivity contribution is -0.132. The summed E-state index contributed by atoms with van der Waals surface area (Å²) in [6.07, 6.45) is 21.3. The van der Waals surface area contributed by atoms with E-state index in [9.17, 15) is 19.8 Å². The van der Waals surface area contributed by atoms with Crippen molar-refractivity contribution in [3.8, 4) is 33.8 Å². The highest BCUT2D eigenvalue weighted by Crippen LogP contribution is 2.63. The Kier molecular flexibility index (Phi) is 9.42. The molecule has 0 radical (unpaired) electrons. The summed E-state index contributed by atoms with van der Waals surface area (Å²) >= 11 is 0. The number of phenolic OH excluding ortho intramolecular Hbond substituents is 2. The molecular formula is C50H52O6. The lowest BCUT2D eigenvalue weighted by atomic mass is 9.48. The first-order valence-electron chi connectivity index (χ1n) is 20.7. The van der Waals surface area contributed by atoms with Crippen molar-refractivity contribution in [3.05, 3.63) is 119 Å². The Morgan fingerprint density at radius 1 is 0.446 bits per heavy atom. The summed E-state index contributed by atoms with van der Waals surface area (Å²) < 4.78 is 0. The summed E-state index contributed by atoms with van der Waals surface area (Å²) in [5.74, 6) is 4.07. The number of hydrogen-bond donors (Lipinski definition) is 4. The molecule has 0 spiro atoms. The number of benzene rings is 4. The fourth-order valence-electron chi connectivity index (χ4n) is 13.1.